The summed E-state index contributed by atoms with van der Waals surface area (Å²) in [5, 5.41) is 15.4. The lowest BCUT2D eigenvalue weighted by Crippen LogP contribution is -2.26. The van der Waals surface area contributed by atoms with Crippen molar-refractivity contribution in [2.24, 2.45) is 0 Å². The zero-order valence-electron chi connectivity index (χ0n) is 20.5. The monoisotopic (exact) mass is 492 g/mol. The van der Waals surface area contributed by atoms with E-state index in [0.717, 1.165) is 41.7 Å². The second-order valence-electron chi connectivity index (χ2n) is 9.11. The highest BCUT2D eigenvalue weighted by Crippen LogP contribution is 2.23. The van der Waals surface area contributed by atoms with Crippen molar-refractivity contribution in [2.45, 2.75) is 32.4 Å². The molecule has 3 aromatic carbocycles. The summed E-state index contributed by atoms with van der Waals surface area (Å²) in [5.74, 6) is 0.382. The molecule has 0 saturated carbocycles. The van der Waals surface area contributed by atoms with Gasteiger partial charge in [-0.1, -0.05) is 24.3 Å². The quantitative estimate of drug-likeness (QED) is 0.350. The molecule has 1 aromatic heterocycles. The van der Waals surface area contributed by atoms with Crippen LogP contribution in [0.15, 0.2) is 72.8 Å². The topological polar surface area (TPSA) is 103 Å². The van der Waals surface area contributed by atoms with Crippen LogP contribution < -0.4 is 10.6 Å². The molecule has 5 rings (SSSR count). The van der Waals surface area contributed by atoms with E-state index >= 15 is 0 Å². The number of carbonyl (C=O) groups is 2. The smallest absolute Gasteiger partial charge is 0.257 e. The molecule has 1 fully saturated rings. The van der Waals surface area contributed by atoms with Crippen LogP contribution in [0.5, 0.6) is 0 Å². The molecule has 0 radical (unpaired) electrons. The predicted octanol–water partition coefficient (Wildman–Crippen LogP) is 4.78. The first-order chi connectivity index (χ1) is 18.1. The van der Waals surface area contributed by atoms with Gasteiger partial charge in [-0.05, 0) is 66.9 Å². The number of likely N-dealkylation sites (tertiary alicyclic amines) is 1. The summed E-state index contributed by atoms with van der Waals surface area (Å²) in [4.78, 5) is 31.7. The minimum absolute atomic E-state index is 0.209. The van der Waals surface area contributed by atoms with Crippen molar-refractivity contribution in [3.05, 3.63) is 89.5 Å². The molecule has 1 saturated heterocycles. The number of benzene rings is 3. The normalized spacial score (nSPS) is 13.1. The molecule has 8 nitrogen and oxygen atoms in total. The minimum Gasteiger partial charge on any atom is -0.381 e. The second-order valence-corrected chi connectivity index (χ2v) is 9.11. The number of fused-ring (bicyclic) bond motifs is 1. The van der Waals surface area contributed by atoms with Gasteiger partial charge in [-0.2, -0.15) is 5.26 Å². The summed E-state index contributed by atoms with van der Waals surface area (Å²) >= 11 is 0. The summed E-state index contributed by atoms with van der Waals surface area (Å²) < 4.78 is 2.01. The number of nitrogens with zero attached hydrogens (tertiary/aromatic N) is 4. The van der Waals surface area contributed by atoms with E-state index < -0.39 is 0 Å². The lowest BCUT2D eigenvalue weighted by Gasteiger charge is -2.16. The van der Waals surface area contributed by atoms with E-state index in [1.54, 1.807) is 24.3 Å². The largest absolute Gasteiger partial charge is 0.381 e. The number of aromatic nitrogens is 2. The Morgan fingerprint density at radius 2 is 1.84 bits per heavy atom. The van der Waals surface area contributed by atoms with Crippen LogP contribution in [-0.4, -0.2) is 39.4 Å². The molecule has 2 N–H and O–H groups in total. The van der Waals surface area contributed by atoms with Crippen molar-refractivity contribution >= 4 is 34.5 Å². The van der Waals surface area contributed by atoms with Gasteiger partial charge in [0.1, 0.15) is 0 Å². The van der Waals surface area contributed by atoms with Gasteiger partial charge in [0, 0.05) is 43.9 Å². The van der Waals surface area contributed by atoms with E-state index in [-0.39, 0.29) is 11.8 Å². The van der Waals surface area contributed by atoms with Gasteiger partial charge in [0.2, 0.25) is 11.9 Å². The summed E-state index contributed by atoms with van der Waals surface area (Å²) in [6, 6.07) is 24.7. The Morgan fingerprint density at radius 1 is 1.03 bits per heavy atom. The highest BCUT2D eigenvalue weighted by Gasteiger charge is 2.20. The Hall–Kier alpha value is -4.64. The van der Waals surface area contributed by atoms with Crippen molar-refractivity contribution in [2.75, 3.05) is 23.7 Å². The highest BCUT2D eigenvalue weighted by atomic mass is 16.2. The molecule has 0 atom stereocenters. The molecule has 4 aromatic rings. The zero-order valence-corrected chi connectivity index (χ0v) is 20.5. The number of aryl methyl sites for hydroxylation is 1. The Morgan fingerprint density at radius 3 is 2.57 bits per heavy atom. The molecule has 0 bridgehead atoms. The number of rotatable bonds is 9. The van der Waals surface area contributed by atoms with Crippen molar-refractivity contribution < 1.29 is 9.59 Å². The Labute approximate surface area is 215 Å². The van der Waals surface area contributed by atoms with Gasteiger partial charge in [-0.15, -0.1) is 0 Å². The summed E-state index contributed by atoms with van der Waals surface area (Å²) in [6.45, 7) is 2.76. The minimum atomic E-state index is -0.290. The number of hydrogen-bond donors (Lipinski definition) is 2. The number of imidazole rings is 1. The highest BCUT2D eigenvalue weighted by molar-refractivity contribution is 6.04. The molecule has 2 amide bonds. The third kappa shape index (κ3) is 5.62. The maximum absolute atomic E-state index is 13.0. The standard InChI is InChI=1S/C29H28N6O2/c30-19-21-9-12-23(13-10-21)28(37)33-29-32-25-18-22(20-31-24-6-2-1-3-7-24)11-14-26(25)35(29)17-5-16-34-15-4-8-27(34)36/h1-3,6-7,9-14,18,31H,4-5,8,15-17,20H2,(H,32,33,37). The van der Waals surface area contributed by atoms with Crippen LogP contribution in [0.2, 0.25) is 0 Å². The Kier molecular flexibility index (Phi) is 7.13. The van der Waals surface area contributed by atoms with Crippen LogP contribution in [0.25, 0.3) is 11.0 Å². The number of anilines is 2. The van der Waals surface area contributed by atoms with Crippen LogP contribution in [0.3, 0.4) is 0 Å². The van der Waals surface area contributed by atoms with E-state index in [9.17, 15) is 9.59 Å². The third-order valence-corrected chi connectivity index (χ3v) is 6.57. The fourth-order valence-electron chi connectivity index (χ4n) is 4.60. The number of amides is 2. The average Bonchev–Trinajstić information content (AvgIpc) is 3.50. The molecule has 2 heterocycles. The average molecular weight is 493 g/mol. The summed E-state index contributed by atoms with van der Waals surface area (Å²) in [5.41, 5.74) is 4.78. The van der Waals surface area contributed by atoms with Gasteiger partial charge >= 0.3 is 0 Å². The van der Waals surface area contributed by atoms with Gasteiger partial charge in [-0.3, -0.25) is 14.9 Å². The molecule has 186 valence electrons. The van der Waals surface area contributed by atoms with E-state index in [2.05, 4.69) is 22.8 Å². The fourth-order valence-corrected chi connectivity index (χ4v) is 4.60. The lowest BCUT2D eigenvalue weighted by molar-refractivity contribution is -0.127. The van der Waals surface area contributed by atoms with Crippen molar-refractivity contribution in [1.82, 2.24) is 14.5 Å². The van der Waals surface area contributed by atoms with Crippen LogP contribution in [-0.2, 0) is 17.9 Å². The van der Waals surface area contributed by atoms with Crippen molar-refractivity contribution in [3.8, 4) is 6.07 Å². The number of nitriles is 1. The SMILES string of the molecule is N#Cc1ccc(C(=O)Nc2nc3cc(CNc4ccccc4)ccc3n2CCCN2CCCC2=O)cc1. The maximum atomic E-state index is 13.0. The fraction of sp³-hybridized carbons (Fsp3) is 0.241. The van der Waals surface area contributed by atoms with E-state index in [4.69, 9.17) is 10.2 Å². The number of para-hydroxylation sites is 1. The van der Waals surface area contributed by atoms with Gasteiger partial charge in [0.25, 0.3) is 5.91 Å². The molecule has 0 aliphatic carbocycles. The van der Waals surface area contributed by atoms with Crippen LogP contribution >= 0.6 is 0 Å². The van der Waals surface area contributed by atoms with Gasteiger partial charge < -0.3 is 14.8 Å². The van der Waals surface area contributed by atoms with E-state index in [1.807, 2.05) is 51.9 Å². The Bertz CT molecular complexity index is 1450. The molecule has 8 heteroatoms. The first-order valence-corrected chi connectivity index (χ1v) is 12.5. The van der Waals surface area contributed by atoms with Crippen molar-refractivity contribution in [1.29, 1.82) is 5.26 Å². The Balaban J connectivity index is 1.37. The third-order valence-electron chi connectivity index (χ3n) is 6.57. The maximum Gasteiger partial charge on any atom is 0.257 e. The molecule has 1 aliphatic heterocycles. The molecule has 1 aliphatic rings. The zero-order chi connectivity index (χ0) is 25.6. The van der Waals surface area contributed by atoms with E-state index in [1.165, 1.54) is 0 Å². The first-order valence-electron chi connectivity index (χ1n) is 12.5. The molecular formula is C29H28N6O2. The molecule has 0 unspecified atom stereocenters. The van der Waals surface area contributed by atoms with Crippen LogP contribution in [0.4, 0.5) is 11.6 Å². The number of nitrogens with one attached hydrogen (secondary N) is 2. The number of carbonyl (C=O) groups excluding carboxylic acids is 2. The number of hydrogen-bond acceptors (Lipinski definition) is 5. The van der Waals surface area contributed by atoms with Crippen molar-refractivity contribution in [3.63, 3.8) is 0 Å². The van der Waals surface area contributed by atoms with Gasteiger partial charge in [-0.25, -0.2) is 4.98 Å². The predicted molar refractivity (Wildman–Crippen MR) is 143 cm³/mol. The summed E-state index contributed by atoms with van der Waals surface area (Å²) in [7, 11) is 0. The molecular weight excluding hydrogens is 464 g/mol. The van der Waals surface area contributed by atoms with E-state index in [0.29, 0.717) is 43.1 Å². The summed E-state index contributed by atoms with van der Waals surface area (Å²) in [6.07, 6.45) is 2.30. The first kappa shape index (κ1) is 24.1. The molecule has 0 spiro atoms. The van der Waals surface area contributed by atoms with Gasteiger partial charge in [0.15, 0.2) is 0 Å². The van der Waals surface area contributed by atoms with Crippen LogP contribution in [0, 0.1) is 11.3 Å². The van der Waals surface area contributed by atoms with Gasteiger partial charge in [0.05, 0.1) is 22.7 Å². The van der Waals surface area contributed by atoms with Crippen LogP contribution in [0.1, 0.15) is 40.7 Å². The second kappa shape index (κ2) is 11.0. The lowest BCUT2D eigenvalue weighted by atomic mass is 10.1. The molecule has 37 heavy (non-hydrogen) atoms.